The summed E-state index contributed by atoms with van der Waals surface area (Å²) in [6.45, 7) is 13.6. The van der Waals surface area contributed by atoms with Crippen LogP contribution in [0.4, 0.5) is 0 Å². The van der Waals surface area contributed by atoms with E-state index in [0.29, 0.717) is 0 Å². The van der Waals surface area contributed by atoms with Crippen LogP contribution in [0.15, 0.2) is 60.4 Å². The summed E-state index contributed by atoms with van der Waals surface area (Å²) in [6, 6.07) is 0.192. The lowest BCUT2D eigenvalue weighted by Gasteiger charge is -2.34. The van der Waals surface area contributed by atoms with Crippen molar-refractivity contribution in [3.8, 4) is 0 Å². The molecule has 0 rings (SSSR count). The zero-order chi connectivity index (χ0) is 19.2. The SMILES string of the molecule is C=C/C=C\C(=C/C)[C@@H](C)N(C(C)=O)[C@H](C)CC/C=C\C(=C/CC)OC. The first-order valence-electron chi connectivity index (χ1n) is 9.07. The minimum absolute atomic E-state index is 0.0344. The normalized spacial score (nSPS) is 15.4. The Morgan fingerprint density at radius 3 is 2.44 bits per heavy atom. The lowest BCUT2D eigenvalue weighted by atomic mass is 10.0. The molecule has 1 amide bonds. The molecule has 3 nitrogen and oxygen atoms in total. The second kappa shape index (κ2) is 13.3. The molecule has 0 aliphatic rings. The number of amides is 1. The van der Waals surface area contributed by atoms with Crippen molar-refractivity contribution >= 4 is 5.91 Å². The van der Waals surface area contributed by atoms with Crippen LogP contribution in [-0.4, -0.2) is 30.0 Å². The Morgan fingerprint density at radius 1 is 1.28 bits per heavy atom. The Morgan fingerprint density at radius 2 is 1.96 bits per heavy atom. The molecule has 0 aliphatic carbocycles. The Labute approximate surface area is 154 Å². The van der Waals surface area contributed by atoms with Crippen molar-refractivity contribution in [2.45, 2.75) is 66.0 Å². The molecule has 3 heteroatoms. The van der Waals surface area contributed by atoms with E-state index in [4.69, 9.17) is 4.74 Å². The third-order valence-corrected chi connectivity index (χ3v) is 4.17. The summed E-state index contributed by atoms with van der Waals surface area (Å²) in [6.07, 6.45) is 16.6. The van der Waals surface area contributed by atoms with Crippen LogP contribution in [0.1, 0.15) is 53.9 Å². The van der Waals surface area contributed by atoms with E-state index in [1.54, 1.807) is 20.1 Å². The Balaban J connectivity index is 4.96. The van der Waals surface area contributed by atoms with Crippen LogP contribution in [0.5, 0.6) is 0 Å². The van der Waals surface area contributed by atoms with E-state index >= 15 is 0 Å². The summed E-state index contributed by atoms with van der Waals surface area (Å²) in [7, 11) is 1.68. The second-order valence-corrected chi connectivity index (χ2v) is 6.03. The number of carbonyl (C=O) groups is 1. The van der Waals surface area contributed by atoms with Gasteiger partial charge in [0, 0.05) is 13.0 Å². The van der Waals surface area contributed by atoms with Gasteiger partial charge in [-0.2, -0.15) is 0 Å². The molecule has 0 N–H and O–H groups in total. The van der Waals surface area contributed by atoms with Crippen molar-refractivity contribution in [3.05, 3.63) is 60.4 Å². The second-order valence-electron chi connectivity index (χ2n) is 6.03. The van der Waals surface area contributed by atoms with Crippen LogP contribution in [0.3, 0.4) is 0 Å². The molecule has 25 heavy (non-hydrogen) atoms. The van der Waals surface area contributed by atoms with Crippen molar-refractivity contribution in [1.29, 1.82) is 0 Å². The quantitative estimate of drug-likeness (QED) is 0.361. The highest BCUT2D eigenvalue weighted by molar-refractivity contribution is 5.74. The molecule has 0 saturated heterocycles. The fourth-order valence-corrected chi connectivity index (χ4v) is 2.88. The molecule has 0 aromatic rings. The number of hydrogen-bond donors (Lipinski definition) is 0. The van der Waals surface area contributed by atoms with Gasteiger partial charge in [0.15, 0.2) is 0 Å². The molecule has 0 saturated carbocycles. The molecule has 2 atom stereocenters. The van der Waals surface area contributed by atoms with Crippen molar-refractivity contribution in [3.63, 3.8) is 0 Å². The van der Waals surface area contributed by atoms with Crippen LogP contribution in [0, 0.1) is 0 Å². The molecule has 0 aromatic carbocycles. The lowest BCUT2D eigenvalue weighted by molar-refractivity contribution is -0.132. The Bertz CT molecular complexity index is 526. The summed E-state index contributed by atoms with van der Waals surface area (Å²) in [5.74, 6) is 0.983. The van der Waals surface area contributed by atoms with Crippen molar-refractivity contribution in [2.24, 2.45) is 0 Å². The molecule has 0 heterocycles. The molecule has 0 aliphatic heterocycles. The van der Waals surface area contributed by atoms with Crippen molar-refractivity contribution in [2.75, 3.05) is 7.11 Å². The first kappa shape index (κ1) is 23.0. The van der Waals surface area contributed by atoms with Crippen LogP contribution < -0.4 is 0 Å². The van der Waals surface area contributed by atoms with Gasteiger partial charge in [-0.1, -0.05) is 43.9 Å². The highest BCUT2D eigenvalue weighted by Crippen LogP contribution is 2.19. The number of allylic oxidation sites excluding steroid dienone is 6. The first-order chi connectivity index (χ1) is 11.9. The average molecular weight is 346 g/mol. The maximum absolute atomic E-state index is 12.2. The maximum atomic E-state index is 12.2. The van der Waals surface area contributed by atoms with Crippen LogP contribution in [-0.2, 0) is 9.53 Å². The van der Waals surface area contributed by atoms with Gasteiger partial charge in [0.05, 0.1) is 13.2 Å². The monoisotopic (exact) mass is 345 g/mol. The molecular formula is C22H35NO2. The summed E-state index contributed by atoms with van der Waals surface area (Å²) in [5, 5.41) is 0. The van der Waals surface area contributed by atoms with E-state index in [2.05, 4.69) is 33.4 Å². The maximum Gasteiger partial charge on any atom is 0.220 e. The molecule has 0 unspecified atom stereocenters. The number of carbonyl (C=O) groups excluding carboxylic acids is 1. The van der Waals surface area contributed by atoms with Gasteiger partial charge >= 0.3 is 0 Å². The van der Waals surface area contributed by atoms with E-state index in [1.165, 1.54) is 0 Å². The van der Waals surface area contributed by atoms with Gasteiger partial charge in [0.25, 0.3) is 0 Å². The van der Waals surface area contributed by atoms with Gasteiger partial charge in [-0.05, 0) is 57.8 Å². The van der Waals surface area contributed by atoms with E-state index in [0.717, 1.165) is 30.6 Å². The fourth-order valence-electron chi connectivity index (χ4n) is 2.88. The molecule has 0 radical (unpaired) electrons. The topological polar surface area (TPSA) is 29.5 Å². The number of methoxy groups -OCH3 is 1. The fraction of sp³-hybridized carbons (Fsp3) is 0.500. The lowest BCUT2D eigenvalue weighted by Crippen LogP contribution is -2.44. The standard InChI is InChI=1S/C22H35NO2/c1-8-11-16-21(10-3)19(5)23(20(6)24)18(4)15-12-13-17-22(25-7)14-9-2/h8,10-11,13-14,16-19H,1,9,12,15H2,2-7H3/b16-11-,17-13-,21-10+,22-14+/t18-,19-/m1/s1. The Hall–Kier alpha value is -2.03. The number of ether oxygens (including phenoxy) is 1. The van der Waals surface area contributed by atoms with Gasteiger partial charge in [-0.25, -0.2) is 0 Å². The van der Waals surface area contributed by atoms with Gasteiger partial charge in [0.1, 0.15) is 5.76 Å². The van der Waals surface area contributed by atoms with Crippen LogP contribution in [0.2, 0.25) is 0 Å². The van der Waals surface area contributed by atoms with Gasteiger partial charge < -0.3 is 9.64 Å². The Kier molecular flexibility index (Phi) is 12.2. The van der Waals surface area contributed by atoms with E-state index in [9.17, 15) is 4.79 Å². The predicted molar refractivity (Wildman–Crippen MR) is 108 cm³/mol. The van der Waals surface area contributed by atoms with E-state index in [-0.39, 0.29) is 18.0 Å². The van der Waals surface area contributed by atoms with Gasteiger partial charge in [-0.3, -0.25) is 4.79 Å². The summed E-state index contributed by atoms with van der Waals surface area (Å²) >= 11 is 0. The predicted octanol–water partition coefficient (Wildman–Crippen LogP) is 5.58. The van der Waals surface area contributed by atoms with Crippen LogP contribution in [0.25, 0.3) is 0 Å². The first-order valence-corrected chi connectivity index (χ1v) is 9.07. The largest absolute Gasteiger partial charge is 0.497 e. The minimum Gasteiger partial charge on any atom is -0.497 e. The van der Waals surface area contributed by atoms with Crippen molar-refractivity contribution in [1.82, 2.24) is 4.90 Å². The number of nitrogens with zero attached hydrogens (tertiary/aromatic N) is 1. The van der Waals surface area contributed by atoms with E-state index in [1.807, 2.05) is 42.2 Å². The van der Waals surface area contributed by atoms with E-state index < -0.39 is 0 Å². The summed E-state index contributed by atoms with van der Waals surface area (Å²) in [4.78, 5) is 14.2. The molecule has 0 aromatic heterocycles. The zero-order valence-electron chi connectivity index (χ0n) is 16.8. The summed E-state index contributed by atoms with van der Waals surface area (Å²) < 4.78 is 5.29. The third kappa shape index (κ3) is 8.57. The molecule has 0 spiro atoms. The molecular weight excluding hydrogens is 310 g/mol. The number of hydrogen-bond acceptors (Lipinski definition) is 2. The smallest absolute Gasteiger partial charge is 0.220 e. The molecule has 0 fully saturated rings. The average Bonchev–Trinajstić information content (AvgIpc) is 2.58. The third-order valence-electron chi connectivity index (χ3n) is 4.17. The molecule has 140 valence electrons. The molecule has 0 bridgehead atoms. The zero-order valence-corrected chi connectivity index (χ0v) is 16.8. The van der Waals surface area contributed by atoms with Gasteiger partial charge in [0.2, 0.25) is 5.91 Å². The van der Waals surface area contributed by atoms with Gasteiger partial charge in [-0.15, -0.1) is 0 Å². The van der Waals surface area contributed by atoms with Crippen LogP contribution >= 0.6 is 0 Å². The highest BCUT2D eigenvalue weighted by Gasteiger charge is 2.23. The summed E-state index contributed by atoms with van der Waals surface area (Å²) in [5.41, 5.74) is 1.12. The van der Waals surface area contributed by atoms with Crippen molar-refractivity contribution < 1.29 is 9.53 Å². The number of rotatable bonds is 11. The minimum atomic E-state index is 0.0344. The highest BCUT2D eigenvalue weighted by atomic mass is 16.5.